The fraction of sp³-hybridized carbons (Fsp3) is 0.348. The van der Waals surface area contributed by atoms with E-state index in [4.69, 9.17) is 0 Å². The molecule has 0 atom stereocenters. The fourth-order valence-electron chi connectivity index (χ4n) is 3.58. The Morgan fingerprint density at radius 3 is 2.52 bits per heavy atom. The maximum absolute atomic E-state index is 12.7. The van der Waals surface area contributed by atoms with Crippen LogP contribution in [0.1, 0.15) is 46.6 Å². The molecule has 2 aromatic heterocycles. The van der Waals surface area contributed by atoms with Crippen LogP contribution in [0.2, 0.25) is 0 Å². The van der Waals surface area contributed by atoms with Gasteiger partial charge in [0.15, 0.2) is 0 Å². The average molecular weight is 407 g/mol. The number of anilines is 1. The number of benzene rings is 1. The van der Waals surface area contributed by atoms with E-state index in [-0.39, 0.29) is 5.91 Å². The molecule has 3 heterocycles. The van der Waals surface area contributed by atoms with E-state index in [0.29, 0.717) is 11.4 Å². The minimum absolute atomic E-state index is 0.0845. The topological polar surface area (TPSA) is 58.1 Å². The Kier molecular flexibility index (Phi) is 6.20. The predicted molar refractivity (Wildman–Crippen MR) is 118 cm³/mol. The van der Waals surface area contributed by atoms with E-state index in [1.54, 1.807) is 0 Å². The maximum Gasteiger partial charge on any atom is 0.263 e. The highest BCUT2D eigenvalue weighted by atomic mass is 32.1. The second-order valence-electron chi connectivity index (χ2n) is 7.41. The van der Waals surface area contributed by atoms with Gasteiger partial charge in [-0.3, -0.25) is 4.79 Å². The normalized spacial score (nSPS) is 14.4. The highest BCUT2D eigenvalue weighted by Gasteiger charge is 2.16. The molecule has 29 heavy (non-hydrogen) atoms. The molecule has 1 saturated heterocycles. The first-order valence-electron chi connectivity index (χ1n) is 10.2. The summed E-state index contributed by atoms with van der Waals surface area (Å²) in [5.41, 5.74) is 2.80. The van der Waals surface area contributed by atoms with Gasteiger partial charge >= 0.3 is 0 Å². The Bertz CT molecular complexity index is 945. The van der Waals surface area contributed by atoms with Crippen LogP contribution in [0.25, 0.3) is 10.6 Å². The fourth-order valence-corrected chi connectivity index (χ4v) is 4.57. The molecule has 0 unspecified atom stereocenters. The molecule has 1 amide bonds. The minimum Gasteiger partial charge on any atom is -0.357 e. The van der Waals surface area contributed by atoms with Gasteiger partial charge in [-0.1, -0.05) is 49.2 Å². The number of pyridine rings is 1. The Balaban J connectivity index is 1.38. The summed E-state index contributed by atoms with van der Waals surface area (Å²) in [5.74, 6) is 0.951. The summed E-state index contributed by atoms with van der Waals surface area (Å²) in [6.07, 6.45) is 6.96. The van der Waals surface area contributed by atoms with Crippen molar-refractivity contribution in [2.45, 2.75) is 39.2 Å². The van der Waals surface area contributed by atoms with Crippen molar-refractivity contribution < 1.29 is 4.79 Å². The Morgan fingerprint density at radius 1 is 1.07 bits per heavy atom. The third kappa shape index (κ3) is 4.82. The second kappa shape index (κ2) is 9.18. The lowest BCUT2D eigenvalue weighted by Gasteiger charge is -2.21. The van der Waals surface area contributed by atoms with Gasteiger partial charge in [-0.05, 0) is 31.4 Å². The summed E-state index contributed by atoms with van der Waals surface area (Å²) >= 11 is 1.43. The number of rotatable bonds is 5. The molecule has 1 N–H and O–H groups in total. The quantitative estimate of drug-likeness (QED) is 0.660. The Hall–Kier alpha value is -2.73. The monoisotopic (exact) mass is 406 g/mol. The molecule has 6 heteroatoms. The van der Waals surface area contributed by atoms with Gasteiger partial charge < -0.3 is 10.2 Å². The number of amides is 1. The van der Waals surface area contributed by atoms with Gasteiger partial charge in [0.25, 0.3) is 5.91 Å². The van der Waals surface area contributed by atoms with E-state index in [9.17, 15) is 4.79 Å². The number of carbonyl (C=O) groups is 1. The van der Waals surface area contributed by atoms with Gasteiger partial charge in [-0.15, -0.1) is 11.3 Å². The van der Waals surface area contributed by atoms with E-state index < -0.39 is 0 Å². The number of hydrogen-bond acceptors (Lipinski definition) is 5. The highest BCUT2D eigenvalue weighted by molar-refractivity contribution is 7.17. The van der Waals surface area contributed by atoms with Crippen molar-refractivity contribution in [1.82, 2.24) is 15.3 Å². The van der Waals surface area contributed by atoms with Gasteiger partial charge in [-0.25, -0.2) is 9.97 Å². The molecule has 0 aliphatic carbocycles. The first-order chi connectivity index (χ1) is 14.2. The van der Waals surface area contributed by atoms with Crippen LogP contribution in [0.15, 0.2) is 48.7 Å². The van der Waals surface area contributed by atoms with Gasteiger partial charge in [0.1, 0.15) is 15.7 Å². The number of nitrogens with zero attached hydrogens (tertiary/aromatic N) is 3. The van der Waals surface area contributed by atoms with Crippen molar-refractivity contribution in [2.75, 3.05) is 18.0 Å². The van der Waals surface area contributed by atoms with Gasteiger partial charge in [0.2, 0.25) is 0 Å². The number of aromatic nitrogens is 2. The summed E-state index contributed by atoms with van der Waals surface area (Å²) in [6, 6.07) is 14.1. The lowest BCUT2D eigenvalue weighted by atomic mass is 10.2. The van der Waals surface area contributed by atoms with Crippen molar-refractivity contribution >= 4 is 23.1 Å². The van der Waals surface area contributed by atoms with Crippen LogP contribution in [0, 0.1) is 6.92 Å². The molecule has 0 spiro atoms. The molecule has 3 aromatic rings. The molecule has 0 bridgehead atoms. The molecule has 4 rings (SSSR count). The second-order valence-corrected chi connectivity index (χ2v) is 8.41. The Labute approximate surface area is 175 Å². The molecular weight excluding hydrogens is 380 g/mol. The maximum atomic E-state index is 12.7. The minimum atomic E-state index is -0.0845. The van der Waals surface area contributed by atoms with Crippen LogP contribution in [0.5, 0.6) is 0 Å². The van der Waals surface area contributed by atoms with E-state index in [0.717, 1.165) is 40.7 Å². The van der Waals surface area contributed by atoms with E-state index in [1.165, 1.54) is 37.0 Å². The summed E-state index contributed by atoms with van der Waals surface area (Å²) in [6.45, 7) is 4.51. The lowest BCUT2D eigenvalue weighted by Crippen LogP contribution is -2.25. The molecular formula is C23H26N4OS. The number of hydrogen-bond donors (Lipinski definition) is 1. The summed E-state index contributed by atoms with van der Waals surface area (Å²) in [4.78, 5) is 24.9. The number of thiazole rings is 1. The van der Waals surface area contributed by atoms with E-state index in [2.05, 4.69) is 32.3 Å². The number of carbonyl (C=O) groups excluding carboxylic acids is 1. The summed E-state index contributed by atoms with van der Waals surface area (Å²) in [5, 5.41) is 3.88. The molecule has 1 aliphatic rings. The lowest BCUT2D eigenvalue weighted by molar-refractivity contribution is 0.0954. The number of nitrogens with one attached hydrogen (secondary N) is 1. The van der Waals surface area contributed by atoms with Gasteiger partial charge in [0.05, 0.1) is 5.69 Å². The average Bonchev–Trinajstić information content (AvgIpc) is 2.97. The molecule has 0 radical (unpaired) electrons. The molecule has 1 fully saturated rings. The van der Waals surface area contributed by atoms with Crippen molar-refractivity contribution in [1.29, 1.82) is 0 Å². The van der Waals surface area contributed by atoms with Crippen molar-refractivity contribution in [3.63, 3.8) is 0 Å². The largest absolute Gasteiger partial charge is 0.357 e. The van der Waals surface area contributed by atoms with Crippen LogP contribution in [0.4, 0.5) is 5.82 Å². The number of aryl methyl sites for hydroxylation is 1. The summed E-state index contributed by atoms with van der Waals surface area (Å²) < 4.78 is 0. The van der Waals surface area contributed by atoms with Gasteiger partial charge in [0, 0.05) is 31.4 Å². The molecule has 1 aliphatic heterocycles. The van der Waals surface area contributed by atoms with Crippen LogP contribution < -0.4 is 10.2 Å². The molecule has 150 valence electrons. The smallest absolute Gasteiger partial charge is 0.263 e. The summed E-state index contributed by atoms with van der Waals surface area (Å²) in [7, 11) is 0. The van der Waals surface area contributed by atoms with Crippen LogP contribution in [-0.4, -0.2) is 29.0 Å². The Morgan fingerprint density at radius 2 is 1.83 bits per heavy atom. The molecule has 1 aromatic carbocycles. The van der Waals surface area contributed by atoms with E-state index in [1.807, 2.05) is 43.5 Å². The van der Waals surface area contributed by atoms with Crippen LogP contribution >= 0.6 is 11.3 Å². The third-order valence-electron chi connectivity index (χ3n) is 5.22. The zero-order chi connectivity index (χ0) is 20.1. The van der Waals surface area contributed by atoms with Crippen molar-refractivity contribution in [3.8, 4) is 10.6 Å². The predicted octanol–water partition coefficient (Wildman–Crippen LogP) is 4.82. The van der Waals surface area contributed by atoms with Crippen LogP contribution in [0.3, 0.4) is 0 Å². The standard InChI is InChI=1S/C23H26N4OS/c1-17-21(29-23(26-17)19-9-5-4-6-10-19)22(28)25-16-18-11-12-20(24-15-18)27-13-7-2-3-8-14-27/h4-6,9-12,15H,2-3,7-8,13-14,16H2,1H3,(H,25,28). The van der Waals surface area contributed by atoms with Gasteiger partial charge in [-0.2, -0.15) is 0 Å². The van der Waals surface area contributed by atoms with Crippen LogP contribution in [-0.2, 0) is 6.54 Å². The van der Waals surface area contributed by atoms with Crippen molar-refractivity contribution in [2.24, 2.45) is 0 Å². The SMILES string of the molecule is Cc1nc(-c2ccccc2)sc1C(=O)NCc1ccc(N2CCCCCC2)nc1. The zero-order valence-corrected chi connectivity index (χ0v) is 17.5. The van der Waals surface area contributed by atoms with E-state index >= 15 is 0 Å². The zero-order valence-electron chi connectivity index (χ0n) is 16.7. The first-order valence-corrected chi connectivity index (χ1v) is 11.0. The molecule has 5 nitrogen and oxygen atoms in total. The highest BCUT2D eigenvalue weighted by Crippen LogP contribution is 2.27. The molecule has 0 saturated carbocycles. The third-order valence-corrected chi connectivity index (χ3v) is 6.42. The first kappa shape index (κ1) is 19.6. The van der Waals surface area contributed by atoms with Crippen molar-refractivity contribution in [3.05, 3.63) is 64.8 Å².